The average Bonchev–Trinajstić information content (AvgIpc) is 2.71. The average molecular weight is 296 g/mol. The van der Waals surface area contributed by atoms with Gasteiger partial charge in [0, 0.05) is 4.47 Å². The molecule has 0 atom stereocenters. The molecule has 88 valence electrons. The maximum Gasteiger partial charge on any atom is 0.270 e. The first-order chi connectivity index (χ1) is 8.13. The Kier molecular flexibility index (Phi) is 3.12. The highest BCUT2D eigenvalue weighted by Crippen LogP contribution is 2.18. The van der Waals surface area contributed by atoms with E-state index in [9.17, 15) is 4.79 Å². The van der Waals surface area contributed by atoms with Gasteiger partial charge in [0.2, 0.25) is 0 Å². The lowest BCUT2D eigenvalue weighted by molar-refractivity contribution is 0.0954. The second-order valence-corrected chi connectivity index (χ2v) is 4.22. The van der Waals surface area contributed by atoms with Gasteiger partial charge in [-0.25, -0.2) is 10.5 Å². The smallest absolute Gasteiger partial charge is 0.270 e. The minimum Gasteiger partial charge on any atom is -0.383 e. The fourth-order valence-electron chi connectivity index (χ4n) is 1.40. The Labute approximate surface area is 106 Å². The maximum absolute atomic E-state index is 11.4. The minimum atomic E-state index is -0.467. The zero-order valence-corrected chi connectivity index (χ0v) is 10.3. The van der Waals surface area contributed by atoms with Gasteiger partial charge in [-0.2, -0.15) is 5.10 Å². The number of anilines is 1. The van der Waals surface area contributed by atoms with Crippen LogP contribution in [0, 0.1) is 0 Å². The van der Waals surface area contributed by atoms with E-state index in [1.54, 1.807) is 0 Å². The van der Waals surface area contributed by atoms with Gasteiger partial charge in [-0.05, 0) is 24.3 Å². The van der Waals surface area contributed by atoms with Crippen molar-refractivity contribution < 1.29 is 4.79 Å². The number of carbonyl (C=O) groups excluding carboxylic acids is 1. The molecular weight excluding hydrogens is 286 g/mol. The monoisotopic (exact) mass is 295 g/mol. The number of aromatic nitrogens is 2. The number of nitrogen functional groups attached to an aromatic ring is 2. The van der Waals surface area contributed by atoms with Crippen LogP contribution in [0.15, 0.2) is 34.9 Å². The van der Waals surface area contributed by atoms with Gasteiger partial charge >= 0.3 is 0 Å². The molecule has 0 saturated carbocycles. The third kappa shape index (κ3) is 2.15. The van der Waals surface area contributed by atoms with E-state index in [1.807, 2.05) is 29.7 Å². The van der Waals surface area contributed by atoms with Gasteiger partial charge in [-0.1, -0.05) is 15.9 Å². The number of carbonyl (C=O) groups is 1. The van der Waals surface area contributed by atoms with Crippen molar-refractivity contribution in [1.29, 1.82) is 0 Å². The quantitative estimate of drug-likeness (QED) is 0.434. The normalized spacial score (nSPS) is 10.2. The van der Waals surface area contributed by atoms with Crippen molar-refractivity contribution in [2.24, 2.45) is 5.84 Å². The van der Waals surface area contributed by atoms with Crippen molar-refractivity contribution in [2.45, 2.75) is 0 Å². The molecule has 17 heavy (non-hydrogen) atoms. The number of amides is 1. The molecule has 5 N–H and O–H groups in total. The van der Waals surface area contributed by atoms with Crippen molar-refractivity contribution in [3.8, 4) is 5.69 Å². The van der Waals surface area contributed by atoms with Crippen LogP contribution in [0.1, 0.15) is 10.4 Å². The Morgan fingerprint density at radius 2 is 2.00 bits per heavy atom. The Morgan fingerprint density at radius 3 is 2.59 bits per heavy atom. The number of nitrogens with two attached hydrogens (primary N) is 2. The molecule has 0 radical (unpaired) electrons. The van der Waals surface area contributed by atoms with Crippen LogP contribution in [0.25, 0.3) is 5.69 Å². The van der Waals surface area contributed by atoms with Crippen LogP contribution in [0.3, 0.4) is 0 Å². The fraction of sp³-hybridized carbons (Fsp3) is 0. The van der Waals surface area contributed by atoms with Gasteiger partial charge in [-0.3, -0.25) is 10.2 Å². The number of nitrogens with one attached hydrogen (secondary N) is 1. The maximum atomic E-state index is 11.4. The van der Waals surface area contributed by atoms with Gasteiger partial charge < -0.3 is 5.73 Å². The number of benzene rings is 1. The third-order valence-electron chi connectivity index (χ3n) is 2.25. The SMILES string of the molecule is NNC(=O)c1cnn(-c2ccc(Br)cc2)c1N. The first-order valence-electron chi connectivity index (χ1n) is 4.74. The summed E-state index contributed by atoms with van der Waals surface area (Å²) in [6.45, 7) is 0. The molecule has 0 aliphatic heterocycles. The topological polar surface area (TPSA) is 99.0 Å². The number of hydrogen-bond acceptors (Lipinski definition) is 4. The van der Waals surface area contributed by atoms with E-state index in [1.165, 1.54) is 10.9 Å². The molecule has 1 amide bonds. The van der Waals surface area contributed by atoms with E-state index in [0.717, 1.165) is 10.2 Å². The molecule has 0 unspecified atom stereocenters. The molecule has 1 heterocycles. The van der Waals surface area contributed by atoms with Crippen molar-refractivity contribution in [2.75, 3.05) is 5.73 Å². The Balaban J connectivity index is 2.44. The summed E-state index contributed by atoms with van der Waals surface area (Å²) in [7, 11) is 0. The van der Waals surface area contributed by atoms with Gasteiger partial charge in [0.25, 0.3) is 5.91 Å². The van der Waals surface area contributed by atoms with Crippen molar-refractivity contribution >= 4 is 27.7 Å². The van der Waals surface area contributed by atoms with E-state index in [2.05, 4.69) is 21.0 Å². The Hall–Kier alpha value is -1.86. The first kappa shape index (κ1) is 11.6. The molecule has 7 heteroatoms. The first-order valence-corrected chi connectivity index (χ1v) is 5.53. The molecule has 2 aromatic rings. The molecular formula is C10H10BrN5O. The van der Waals surface area contributed by atoms with Crippen LogP contribution in [0.4, 0.5) is 5.82 Å². The van der Waals surface area contributed by atoms with Gasteiger partial charge in [-0.15, -0.1) is 0 Å². The van der Waals surface area contributed by atoms with Crippen molar-refractivity contribution in [1.82, 2.24) is 15.2 Å². The molecule has 0 saturated heterocycles. The van der Waals surface area contributed by atoms with Crippen LogP contribution in [-0.4, -0.2) is 15.7 Å². The molecule has 0 bridgehead atoms. The van der Waals surface area contributed by atoms with E-state index in [4.69, 9.17) is 11.6 Å². The van der Waals surface area contributed by atoms with Crippen LogP contribution in [-0.2, 0) is 0 Å². The molecule has 1 aromatic heterocycles. The summed E-state index contributed by atoms with van der Waals surface area (Å²) in [5.41, 5.74) is 8.85. The van der Waals surface area contributed by atoms with Crippen LogP contribution >= 0.6 is 15.9 Å². The number of halogens is 1. The van der Waals surface area contributed by atoms with Gasteiger partial charge in [0.05, 0.1) is 11.9 Å². The fourth-order valence-corrected chi connectivity index (χ4v) is 1.66. The number of nitrogens with zero attached hydrogens (tertiary/aromatic N) is 2. The molecule has 0 aliphatic rings. The molecule has 6 nitrogen and oxygen atoms in total. The summed E-state index contributed by atoms with van der Waals surface area (Å²) < 4.78 is 2.42. The Bertz CT molecular complexity index is 548. The Morgan fingerprint density at radius 1 is 1.35 bits per heavy atom. The minimum absolute atomic E-state index is 0.246. The lowest BCUT2D eigenvalue weighted by Crippen LogP contribution is -2.30. The number of hydrazine groups is 1. The van der Waals surface area contributed by atoms with E-state index in [-0.39, 0.29) is 11.4 Å². The zero-order chi connectivity index (χ0) is 12.4. The van der Waals surface area contributed by atoms with Gasteiger partial charge in [0.1, 0.15) is 11.4 Å². The predicted molar refractivity (Wildman–Crippen MR) is 67.3 cm³/mol. The number of rotatable bonds is 2. The summed E-state index contributed by atoms with van der Waals surface area (Å²) in [5, 5.41) is 4.04. The highest BCUT2D eigenvalue weighted by Gasteiger charge is 2.14. The molecule has 1 aromatic carbocycles. The number of hydrogen-bond donors (Lipinski definition) is 3. The lowest BCUT2D eigenvalue weighted by Gasteiger charge is -2.04. The zero-order valence-electron chi connectivity index (χ0n) is 8.72. The third-order valence-corrected chi connectivity index (χ3v) is 2.78. The predicted octanol–water partition coefficient (Wildman–Crippen LogP) is 0.821. The summed E-state index contributed by atoms with van der Waals surface area (Å²) in [6.07, 6.45) is 1.37. The lowest BCUT2D eigenvalue weighted by atomic mass is 10.3. The molecule has 0 aliphatic carbocycles. The second-order valence-electron chi connectivity index (χ2n) is 3.31. The van der Waals surface area contributed by atoms with E-state index >= 15 is 0 Å². The van der Waals surface area contributed by atoms with Gasteiger partial charge in [0.15, 0.2) is 0 Å². The van der Waals surface area contributed by atoms with Crippen molar-refractivity contribution in [3.05, 3.63) is 40.5 Å². The van der Waals surface area contributed by atoms with E-state index in [0.29, 0.717) is 0 Å². The summed E-state index contributed by atoms with van der Waals surface area (Å²) in [5.74, 6) is 4.82. The summed E-state index contributed by atoms with van der Waals surface area (Å²) >= 11 is 3.33. The van der Waals surface area contributed by atoms with Crippen LogP contribution < -0.4 is 17.0 Å². The highest BCUT2D eigenvalue weighted by atomic mass is 79.9. The summed E-state index contributed by atoms with van der Waals surface area (Å²) in [6, 6.07) is 7.38. The second kappa shape index (κ2) is 4.56. The van der Waals surface area contributed by atoms with Crippen molar-refractivity contribution in [3.63, 3.8) is 0 Å². The van der Waals surface area contributed by atoms with Crippen LogP contribution in [0.5, 0.6) is 0 Å². The summed E-state index contributed by atoms with van der Waals surface area (Å²) in [4.78, 5) is 11.4. The standard InChI is InChI=1S/C10H10BrN5O/c11-6-1-3-7(4-2-6)16-9(12)8(5-14-16)10(17)15-13/h1-5H,12-13H2,(H,15,17). The molecule has 0 fully saturated rings. The largest absolute Gasteiger partial charge is 0.383 e. The molecule has 2 rings (SSSR count). The van der Waals surface area contributed by atoms with E-state index < -0.39 is 5.91 Å². The highest BCUT2D eigenvalue weighted by molar-refractivity contribution is 9.10. The van der Waals surface area contributed by atoms with Crippen LogP contribution in [0.2, 0.25) is 0 Å². The molecule has 0 spiro atoms.